The van der Waals surface area contributed by atoms with E-state index in [2.05, 4.69) is 252 Å². The minimum absolute atomic E-state index is 1.15. The van der Waals surface area contributed by atoms with Crippen molar-refractivity contribution in [3.05, 3.63) is 243 Å². The summed E-state index contributed by atoms with van der Waals surface area (Å²) >= 11 is 0. The number of nitrogens with zero attached hydrogens (tertiary/aromatic N) is 2. The second-order valence-corrected chi connectivity index (χ2v) is 16.1. The lowest BCUT2D eigenvalue weighted by molar-refractivity contribution is 1.18. The van der Waals surface area contributed by atoms with Gasteiger partial charge in [0.05, 0.1) is 27.8 Å². The number of para-hydroxylation sites is 2. The van der Waals surface area contributed by atoms with Crippen molar-refractivity contribution >= 4 is 43.6 Å². The third-order valence-electron chi connectivity index (χ3n) is 12.6. The van der Waals surface area contributed by atoms with Crippen molar-refractivity contribution in [1.29, 1.82) is 0 Å². The van der Waals surface area contributed by atoms with Gasteiger partial charge in [-0.05, 0) is 111 Å². The molecule has 2 heterocycles. The molecule has 10 aromatic carbocycles. The summed E-state index contributed by atoms with van der Waals surface area (Å²) in [5.74, 6) is 0. The predicted octanol–water partition coefficient (Wildman–Crippen LogP) is 16.2. The van der Waals surface area contributed by atoms with Crippen molar-refractivity contribution in [3.8, 4) is 67.0 Å². The number of fused-ring (bicyclic) bond motifs is 6. The monoisotopic (exact) mass is 788 g/mol. The Bertz CT molecular complexity index is 3580. The lowest BCUT2D eigenvalue weighted by atomic mass is 9.99. The highest BCUT2D eigenvalue weighted by Crippen LogP contribution is 2.41. The van der Waals surface area contributed by atoms with Gasteiger partial charge in [0.25, 0.3) is 0 Å². The molecule has 0 spiro atoms. The fraction of sp³-hybridized carbons (Fsp3) is 0. The Labute approximate surface area is 360 Å². The molecule has 12 aromatic rings. The van der Waals surface area contributed by atoms with E-state index in [0.29, 0.717) is 0 Å². The Kier molecular flexibility index (Phi) is 8.53. The summed E-state index contributed by atoms with van der Waals surface area (Å²) in [7, 11) is 0. The molecule has 2 aromatic heterocycles. The summed E-state index contributed by atoms with van der Waals surface area (Å²) in [6.07, 6.45) is 0. The number of rotatable bonds is 7. The summed E-state index contributed by atoms with van der Waals surface area (Å²) in [5, 5.41) is 4.95. The second kappa shape index (κ2) is 14.8. The zero-order valence-electron chi connectivity index (χ0n) is 34.0. The summed E-state index contributed by atoms with van der Waals surface area (Å²) < 4.78 is 4.86. The molecule has 0 N–H and O–H groups in total. The molecule has 290 valence electrons. The first-order valence-corrected chi connectivity index (χ1v) is 21.3. The fourth-order valence-electron chi connectivity index (χ4n) is 9.52. The van der Waals surface area contributed by atoms with E-state index in [1.165, 1.54) is 105 Å². The highest BCUT2D eigenvalue weighted by Gasteiger charge is 2.19. The van der Waals surface area contributed by atoms with Gasteiger partial charge in [0.1, 0.15) is 0 Å². The van der Waals surface area contributed by atoms with Gasteiger partial charge in [-0.2, -0.15) is 0 Å². The van der Waals surface area contributed by atoms with Gasteiger partial charge in [-0.1, -0.05) is 182 Å². The Morgan fingerprint density at radius 1 is 0.210 bits per heavy atom. The van der Waals surface area contributed by atoms with Gasteiger partial charge in [-0.15, -0.1) is 0 Å². The molecule has 0 aliphatic carbocycles. The zero-order valence-corrected chi connectivity index (χ0v) is 34.0. The van der Waals surface area contributed by atoms with Crippen LogP contribution >= 0.6 is 0 Å². The van der Waals surface area contributed by atoms with E-state index in [1.54, 1.807) is 0 Å². The van der Waals surface area contributed by atoms with E-state index in [9.17, 15) is 0 Å². The number of aromatic nitrogens is 2. The van der Waals surface area contributed by atoms with Crippen LogP contribution in [0.5, 0.6) is 0 Å². The third kappa shape index (κ3) is 6.04. The van der Waals surface area contributed by atoms with Crippen LogP contribution in [0.3, 0.4) is 0 Å². The van der Waals surface area contributed by atoms with Crippen molar-refractivity contribution in [2.75, 3.05) is 0 Å². The molecule has 2 heteroatoms. The van der Waals surface area contributed by atoms with Gasteiger partial charge < -0.3 is 9.13 Å². The van der Waals surface area contributed by atoms with Crippen molar-refractivity contribution in [2.45, 2.75) is 0 Å². The molecule has 0 amide bonds. The molecule has 0 saturated carbocycles. The van der Waals surface area contributed by atoms with Crippen molar-refractivity contribution in [1.82, 2.24) is 9.13 Å². The van der Waals surface area contributed by atoms with Crippen LogP contribution in [0.25, 0.3) is 111 Å². The Morgan fingerprint density at radius 3 is 1.13 bits per heavy atom. The molecule has 0 unspecified atom stereocenters. The zero-order chi connectivity index (χ0) is 41.0. The van der Waals surface area contributed by atoms with Crippen LogP contribution in [0.4, 0.5) is 0 Å². The predicted molar refractivity (Wildman–Crippen MR) is 262 cm³/mol. The highest BCUT2D eigenvalue weighted by atomic mass is 15.0. The average molecular weight is 789 g/mol. The van der Waals surface area contributed by atoms with Crippen LogP contribution in [0.1, 0.15) is 0 Å². The first-order valence-electron chi connectivity index (χ1n) is 21.3. The van der Waals surface area contributed by atoms with E-state index in [4.69, 9.17) is 0 Å². The summed E-state index contributed by atoms with van der Waals surface area (Å²) in [5.41, 5.74) is 19.2. The van der Waals surface area contributed by atoms with Crippen LogP contribution in [-0.2, 0) is 0 Å². The van der Waals surface area contributed by atoms with Crippen LogP contribution in [-0.4, -0.2) is 9.13 Å². The van der Waals surface area contributed by atoms with E-state index < -0.39 is 0 Å². The van der Waals surface area contributed by atoms with E-state index in [1.807, 2.05) is 0 Å². The highest BCUT2D eigenvalue weighted by molar-refractivity contribution is 6.13. The maximum atomic E-state index is 2.45. The molecule has 0 atom stereocenters. The topological polar surface area (TPSA) is 9.86 Å². The van der Waals surface area contributed by atoms with Gasteiger partial charge in [0.2, 0.25) is 0 Å². The summed E-state index contributed by atoms with van der Waals surface area (Å²) in [6, 6.07) is 88.4. The number of hydrogen-bond acceptors (Lipinski definition) is 0. The van der Waals surface area contributed by atoms with E-state index in [-0.39, 0.29) is 0 Å². The maximum absolute atomic E-state index is 2.45. The first-order chi connectivity index (χ1) is 30.7. The van der Waals surface area contributed by atoms with Crippen LogP contribution in [0.15, 0.2) is 243 Å². The Hall–Kier alpha value is -8.20. The molecule has 0 aliphatic rings. The van der Waals surface area contributed by atoms with Gasteiger partial charge in [-0.3, -0.25) is 0 Å². The fourth-order valence-corrected chi connectivity index (χ4v) is 9.52. The smallest absolute Gasteiger partial charge is 0.0541 e. The van der Waals surface area contributed by atoms with Crippen molar-refractivity contribution in [3.63, 3.8) is 0 Å². The third-order valence-corrected chi connectivity index (χ3v) is 12.6. The lowest BCUT2D eigenvalue weighted by Gasteiger charge is -2.14. The molecule has 62 heavy (non-hydrogen) atoms. The molecule has 0 bridgehead atoms. The molecule has 0 saturated heterocycles. The van der Waals surface area contributed by atoms with Gasteiger partial charge in [0.15, 0.2) is 0 Å². The summed E-state index contributed by atoms with van der Waals surface area (Å²) in [6.45, 7) is 0. The Morgan fingerprint density at radius 2 is 0.565 bits per heavy atom. The molecular weight excluding hydrogens is 749 g/mol. The SMILES string of the molecule is c1ccc(-c2ccc(-c3ccc(-n4c5ccccc5c5cc(-c6ccc7c(c6)c6cc(-c8ccccc8)ccc6n7-c6ccccc6-c6ccccc6)ccc54)cc3)cc2)cc1. The van der Waals surface area contributed by atoms with Crippen LogP contribution < -0.4 is 0 Å². The lowest BCUT2D eigenvalue weighted by Crippen LogP contribution is -1.97. The minimum Gasteiger partial charge on any atom is -0.309 e. The molecule has 12 rings (SSSR count). The Balaban J connectivity index is 0.974. The molecule has 2 nitrogen and oxygen atoms in total. The van der Waals surface area contributed by atoms with Crippen LogP contribution in [0, 0.1) is 0 Å². The number of benzene rings is 10. The van der Waals surface area contributed by atoms with Gasteiger partial charge in [-0.25, -0.2) is 0 Å². The minimum atomic E-state index is 1.15. The number of hydrogen-bond donors (Lipinski definition) is 0. The van der Waals surface area contributed by atoms with Gasteiger partial charge in [0, 0.05) is 32.8 Å². The maximum Gasteiger partial charge on any atom is 0.0541 e. The standard InChI is InChI=1S/C60H40N2/c1-4-14-41(15-5-1)43-24-26-44(27-25-43)45-28-33-50(34-29-45)61-57-23-13-11-21-52(57)53-39-48(31-35-58(53)61)49-32-37-60-55(40-49)54-38-47(42-16-6-2-7-17-42)30-36-59(54)62(60)56-22-12-10-20-51(56)46-18-8-3-9-19-46/h1-40H. The van der Waals surface area contributed by atoms with Gasteiger partial charge >= 0.3 is 0 Å². The second-order valence-electron chi connectivity index (χ2n) is 16.1. The normalized spacial score (nSPS) is 11.5. The molecule has 0 fully saturated rings. The van der Waals surface area contributed by atoms with E-state index >= 15 is 0 Å². The summed E-state index contributed by atoms with van der Waals surface area (Å²) in [4.78, 5) is 0. The first kappa shape index (κ1) is 35.7. The van der Waals surface area contributed by atoms with E-state index in [0.717, 1.165) is 5.69 Å². The van der Waals surface area contributed by atoms with Crippen molar-refractivity contribution < 1.29 is 0 Å². The quantitative estimate of drug-likeness (QED) is 0.152. The molecule has 0 aliphatic heterocycles. The average Bonchev–Trinajstić information content (AvgIpc) is 3.86. The molecular formula is C60H40N2. The largest absolute Gasteiger partial charge is 0.309 e. The molecule has 0 radical (unpaired) electrons. The van der Waals surface area contributed by atoms with Crippen LogP contribution in [0.2, 0.25) is 0 Å². The van der Waals surface area contributed by atoms with Crippen molar-refractivity contribution in [2.24, 2.45) is 0 Å².